The summed E-state index contributed by atoms with van der Waals surface area (Å²) < 4.78 is 17.7. The van der Waals surface area contributed by atoms with Gasteiger partial charge in [0.15, 0.2) is 17.3 Å². The minimum atomic E-state index is -0.591. The predicted molar refractivity (Wildman–Crippen MR) is 143 cm³/mol. The minimum absolute atomic E-state index is 0.203. The first-order chi connectivity index (χ1) is 18.2. The van der Waals surface area contributed by atoms with Gasteiger partial charge in [-0.15, -0.1) is 0 Å². The minimum Gasteiger partial charge on any atom is -0.508 e. The summed E-state index contributed by atoms with van der Waals surface area (Å²) in [4.78, 5) is 15.9. The molecule has 1 saturated heterocycles. The van der Waals surface area contributed by atoms with E-state index >= 15 is 0 Å². The van der Waals surface area contributed by atoms with E-state index in [1.54, 1.807) is 4.68 Å². The number of aromatic hydroxyl groups is 1. The average Bonchev–Trinajstić information content (AvgIpc) is 3.44. The molecule has 0 unspecified atom stereocenters. The summed E-state index contributed by atoms with van der Waals surface area (Å²) in [6, 6.07) is 5.96. The lowest BCUT2D eigenvalue weighted by atomic mass is 10.1. The van der Waals surface area contributed by atoms with Gasteiger partial charge in [0, 0.05) is 43.0 Å². The molecule has 5 heterocycles. The van der Waals surface area contributed by atoms with Crippen LogP contribution in [-0.2, 0) is 0 Å². The summed E-state index contributed by atoms with van der Waals surface area (Å²) in [6.07, 6.45) is 3.30. The Balaban J connectivity index is 1.52. The molecule has 0 saturated carbocycles. The number of piperazine rings is 1. The van der Waals surface area contributed by atoms with Gasteiger partial charge < -0.3 is 21.1 Å². The number of nitrogens with two attached hydrogens (primary N) is 1. The Labute approximate surface area is 218 Å². The molecular formula is C26H29FN10O. The zero-order valence-electron chi connectivity index (χ0n) is 21.6. The third-order valence-corrected chi connectivity index (χ3v) is 6.98. The summed E-state index contributed by atoms with van der Waals surface area (Å²) in [7, 11) is 0. The zero-order valence-corrected chi connectivity index (χ0v) is 21.6. The lowest BCUT2D eigenvalue weighted by Gasteiger charge is -2.37. The summed E-state index contributed by atoms with van der Waals surface area (Å²) in [5.41, 5.74) is 9.49. The number of benzene rings is 1. The van der Waals surface area contributed by atoms with Crippen LogP contribution in [0.4, 0.5) is 16.0 Å². The van der Waals surface area contributed by atoms with Gasteiger partial charge in [-0.05, 0) is 51.5 Å². The molecule has 11 nitrogen and oxygen atoms in total. The lowest BCUT2D eigenvalue weighted by molar-refractivity contribution is 0.404. The van der Waals surface area contributed by atoms with Gasteiger partial charge >= 0.3 is 0 Å². The Morgan fingerprint density at radius 1 is 1.13 bits per heavy atom. The van der Waals surface area contributed by atoms with Crippen molar-refractivity contribution in [1.82, 2.24) is 39.7 Å². The highest BCUT2D eigenvalue weighted by Crippen LogP contribution is 2.35. The van der Waals surface area contributed by atoms with Gasteiger partial charge in [0.1, 0.15) is 41.0 Å². The van der Waals surface area contributed by atoms with Crippen molar-refractivity contribution in [2.24, 2.45) is 0 Å². The number of phenolic OH excluding ortho intramolecular Hbond substituents is 1. The van der Waals surface area contributed by atoms with E-state index in [1.165, 1.54) is 18.5 Å². The first-order valence-corrected chi connectivity index (χ1v) is 12.5. The number of aryl methyl sites for hydroxylation is 1. The Morgan fingerprint density at radius 2 is 1.89 bits per heavy atom. The average molecular weight is 517 g/mol. The molecular weight excluding hydrogens is 487 g/mol. The standard InChI is InChI=1S/C26H29FN10O/c1-13-5-6-36-22(13)26(35-10-14(2)31-15(3)11-35)32-24(34-36)16(4)37-25-20(23(28)29-12-30-25)21(33-37)17-7-18(27)9-19(38)8-17/h5-9,12,14-16,31,38H,10-11H2,1-4H3,(H2,28,29,30)/t14-,15+,16-/m0/s1. The van der Waals surface area contributed by atoms with E-state index in [-0.39, 0.29) is 11.6 Å². The van der Waals surface area contributed by atoms with Gasteiger partial charge in [-0.25, -0.2) is 28.5 Å². The maximum absolute atomic E-state index is 14.2. The highest BCUT2D eigenvalue weighted by atomic mass is 19.1. The molecule has 4 N–H and O–H groups in total. The Hall–Kier alpha value is -4.32. The Bertz CT molecular complexity index is 1650. The van der Waals surface area contributed by atoms with E-state index in [1.807, 2.05) is 23.7 Å². The molecule has 1 aliphatic heterocycles. The van der Waals surface area contributed by atoms with E-state index in [2.05, 4.69) is 41.0 Å². The number of rotatable bonds is 4. The van der Waals surface area contributed by atoms with Crippen molar-refractivity contribution in [2.75, 3.05) is 23.7 Å². The maximum Gasteiger partial charge on any atom is 0.175 e. The molecule has 1 fully saturated rings. The molecule has 6 rings (SSSR count). The van der Waals surface area contributed by atoms with E-state index < -0.39 is 11.9 Å². The zero-order chi connectivity index (χ0) is 26.7. The summed E-state index contributed by atoms with van der Waals surface area (Å²) >= 11 is 0. The van der Waals surface area contributed by atoms with Gasteiger partial charge in [-0.3, -0.25) is 0 Å². The van der Waals surface area contributed by atoms with Crippen molar-refractivity contribution in [1.29, 1.82) is 0 Å². The fourth-order valence-corrected chi connectivity index (χ4v) is 5.36. The molecule has 0 aliphatic carbocycles. The van der Waals surface area contributed by atoms with Gasteiger partial charge in [0.05, 0.1) is 5.39 Å². The van der Waals surface area contributed by atoms with Crippen molar-refractivity contribution in [3.05, 3.63) is 54.0 Å². The van der Waals surface area contributed by atoms with E-state index in [0.29, 0.717) is 40.2 Å². The quantitative estimate of drug-likeness (QED) is 0.329. The number of halogens is 1. The molecule has 38 heavy (non-hydrogen) atoms. The van der Waals surface area contributed by atoms with Crippen LogP contribution in [0.25, 0.3) is 27.8 Å². The van der Waals surface area contributed by atoms with Crippen molar-refractivity contribution < 1.29 is 9.50 Å². The first-order valence-electron chi connectivity index (χ1n) is 12.5. The van der Waals surface area contributed by atoms with Gasteiger partial charge in [-0.2, -0.15) is 10.2 Å². The Kier molecular flexibility index (Phi) is 5.64. The molecule has 1 aliphatic rings. The SMILES string of the molecule is Cc1ccn2nc([C@H](C)n3nc(-c4cc(O)cc(F)c4)c4c(N)ncnc43)nc(N3C[C@@H](C)N[C@@H](C)C3)c12. The first kappa shape index (κ1) is 24.0. The van der Waals surface area contributed by atoms with Crippen molar-refractivity contribution in [3.8, 4) is 17.0 Å². The molecule has 196 valence electrons. The van der Waals surface area contributed by atoms with Crippen molar-refractivity contribution >= 4 is 28.2 Å². The van der Waals surface area contributed by atoms with E-state index in [0.717, 1.165) is 36.1 Å². The molecule has 0 radical (unpaired) electrons. The number of hydrogen-bond donors (Lipinski definition) is 3. The highest BCUT2D eigenvalue weighted by molar-refractivity contribution is 5.98. The van der Waals surface area contributed by atoms with Crippen LogP contribution in [0.1, 0.15) is 38.2 Å². The van der Waals surface area contributed by atoms with Crippen LogP contribution in [0.2, 0.25) is 0 Å². The maximum atomic E-state index is 14.2. The number of nitrogens with one attached hydrogen (secondary N) is 1. The van der Waals surface area contributed by atoms with Gasteiger partial charge in [0.25, 0.3) is 0 Å². The van der Waals surface area contributed by atoms with Crippen LogP contribution in [0.5, 0.6) is 5.75 Å². The number of anilines is 2. The second kappa shape index (κ2) is 8.91. The molecule has 0 amide bonds. The number of phenols is 1. The molecule has 3 atom stereocenters. The Morgan fingerprint density at radius 3 is 2.63 bits per heavy atom. The van der Waals surface area contributed by atoms with Crippen LogP contribution < -0.4 is 16.0 Å². The predicted octanol–water partition coefficient (Wildman–Crippen LogP) is 3.07. The molecule has 5 aromatic rings. The van der Waals surface area contributed by atoms with Gasteiger partial charge in [-0.1, -0.05) is 0 Å². The summed E-state index contributed by atoms with van der Waals surface area (Å²) in [5, 5.41) is 23.7. The van der Waals surface area contributed by atoms with Crippen LogP contribution in [0.15, 0.2) is 36.8 Å². The lowest BCUT2D eigenvalue weighted by Crippen LogP contribution is -2.54. The van der Waals surface area contributed by atoms with Crippen LogP contribution in [0, 0.1) is 12.7 Å². The number of nitrogens with zero attached hydrogens (tertiary/aromatic N) is 8. The number of aromatic nitrogens is 7. The van der Waals surface area contributed by atoms with Gasteiger partial charge in [0.2, 0.25) is 0 Å². The number of hydrogen-bond acceptors (Lipinski definition) is 9. The second-order valence-electron chi connectivity index (χ2n) is 10.1. The fraction of sp³-hybridized carbons (Fsp3) is 0.346. The van der Waals surface area contributed by atoms with E-state index in [9.17, 15) is 9.50 Å². The van der Waals surface area contributed by atoms with Crippen molar-refractivity contribution in [3.63, 3.8) is 0 Å². The largest absolute Gasteiger partial charge is 0.508 e. The topological polar surface area (TPSA) is 135 Å². The number of nitrogen functional groups attached to an aromatic ring is 1. The third kappa shape index (κ3) is 3.97. The van der Waals surface area contributed by atoms with E-state index in [4.69, 9.17) is 20.9 Å². The molecule has 0 spiro atoms. The normalized spacial score (nSPS) is 18.9. The number of fused-ring (bicyclic) bond motifs is 2. The molecule has 1 aromatic carbocycles. The monoisotopic (exact) mass is 516 g/mol. The fourth-order valence-electron chi connectivity index (χ4n) is 5.36. The van der Waals surface area contributed by atoms with Crippen LogP contribution in [-0.4, -0.2) is 64.6 Å². The third-order valence-electron chi connectivity index (χ3n) is 6.98. The highest BCUT2D eigenvalue weighted by Gasteiger charge is 2.28. The van der Waals surface area contributed by atoms with Crippen LogP contribution >= 0.6 is 0 Å². The molecule has 0 bridgehead atoms. The van der Waals surface area contributed by atoms with Crippen LogP contribution in [0.3, 0.4) is 0 Å². The smallest absolute Gasteiger partial charge is 0.175 e. The van der Waals surface area contributed by atoms with Crippen molar-refractivity contribution in [2.45, 2.75) is 45.8 Å². The second-order valence-corrected chi connectivity index (χ2v) is 10.1. The molecule has 12 heteroatoms. The summed E-state index contributed by atoms with van der Waals surface area (Å²) in [6.45, 7) is 9.96. The molecule has 4 aromatic heterocycles. The summed E-state index contributed by atoms with van der Waals surface area (Å²) in [5.74, 6) is 0.802.